The van der Waals surface area contributed by atoms with Crippen LogP contribution >= 0.6 is 0 Å². The molecule has 3 rings (SSSR count). The molecule has 1 aromatic carbocycles. The molecule has 0 saturated carbocycles. The molecule has 2 aliphatic heterocycles. The van der Waals surface area contributed by atoms with Crippen molar-refractivity contribution in [3.05, 3.63) is 29.8 Å². The first-order valence-electron chi connectivity index (χ1n) is 7.41. The predicted molar refractivity (Wildman–Crippen MR) is 77.2 cm³/mol. The van der Waals surface area contributed by atoms with E-state index in [1.54, 1.807) is 0 Å². The van der Waals surface area contributed by atoms with Crippen LogP contribution in [0.3, 0.4) is 0 Å². The summed E-state index contributed by atoms with van der Waals surface area (Å²) in [6.07, 6.45) is 6.50. The summed E-state index contributed by atoms with van der Waals surface area (Å²) >= 11 is 0. The van der Waals surface area contributed by atoms with Gasteiger partial charge in [0.05, 0.1) is 0 Å². The Morgan fingerprint density at radius 3 is 3.00 bits per heavy atom. The summed E-state index contributed by atoms with van der Waals surface area (Å²) in [6, 6.07) is 8.91. The first kappa shape index (κ1) is 12.0. The van der Waals surface area contributed by atoms with Gasteiger partial charge in [0, 0.05) is 24.3 Å². The van der Waals surface area contributed by atoms with Crippen LogP contribution in [0.4, 0.5) is 5.69 Å². The molecule has 0 spiro atoms. The number of anilines is 1. The summed E-state index contributed by atoms with van der Waals surface area (Å²) in [6.45, 7) is 5.90. The lowest BCUT2D eigenvalue weighted by Gasteiger charge is -2.35. The van der Waals surface area contributed by atoms with Crippen molar-refractivity contribution in [1.82, 2.24) is 5.32 Å². The van der Waals surface area contributed by atoms with Crippen molar-refractivity contribution in [3.8, 4) is 0 Å². The fourth-order valence-corrected chi connectivity index (χ4v) is 3.71. The van der Waals surface area contributed by atoms with Crippen molar-refractivity contribution in [1.29, 1.82) is 0 Å². The summed E-state index contributed by atoms with van der Waals surface area (Å²) in [4.78, 5) is 2.60. The zero-order valence-electron chi connectivity index (χ0n) is 11.4. The van der Waals surface area contributed by atoms with Gasteiger partial charge in [0.15, 0.2) is 0 Å². The predicted octanol–water partition coefficient (Wildman–Crippen LogP) is 2.97. The molecule has 1 saturated heterocycles. The Bertz CT molecular complexity index is 407. The highest BCUT2D eigenvalue weighted by atomic mass is 15.2. The fraction of sp³-hybridized carbons (Fsp3) is 0.625. The number of nitrogens with zero attached hydrogens (tertiary/aromatic N) is 1. The molecule has 1 fully saturated rings. The normalized spacial score (nSPS) is 26.6. The molecule has 1 atom stereocenters. The van der Waals surface area contributed by atoms with Gasteiger partial charge in [0.25, 0.3) is 0 Å². The summed E-state index contributed by atoms with van der Waals surface area (Å²) in [5.41, 5.74) is 3.38. The Morgan fingerprint density at radius 1 is 1.33 bits per heavy atom. The van der Waals surface area contributed by atoms with E-state index in [0.717, 1.165) is 0 Å². The molecule has 2 aliphatic rings. The Morgan fingerprint density at radius 2 is 2.22 bits per heavy atom. The summed E-state index contributed by atoms with van der Waals surface area (Å²) < 4.78 is 0. The van der Waals surface area contributed by atoms with Crippen molar-refractivity contribution in [2.24, 2.45) is 0 Å². The summed E-state index contributed by atoms with van der Waals surface area (Å²) in [5, 5.41) is 3.79. The van der Waals surface area contributed by atoms with Crippen LogP contribution in [-0.2, 0) is 6.42 Å². The zero-order valence-corrected chi connectivity index (χ0v) is 11.4. The number of fused-ring (bicyclic) bond motifs is 1. The second-order valence-corrected chi connectivity index (χ2v) is 5.86. The highest BCUT2D eigenvalue weighted by molar-refractivity contribution is 5.58. The molecular formula is C16H24N2. The van der Waals surface area contributed by atoms with Crippen molar-refractivity contribution in [3.63, 3.8) is 0 Å². The van der Waals surface area contributed by atoms with Crippen LogP contribution in [0.25, 0.3) is 0 Å². The van der Waals surface area contributed by atoms with Crippen LogP contribution in [-0.4, -0.2) is 25.2 Å². The molecule has 1 N–H and O–H groups in total. The van der Waals surface area contributed by atoms with Crippen LogP contribution < -0.4 is 10.2 Å². The Hall–Kier alpha value is -1.02. The van der Waals surface area contributed by atoms with Gasteiger partial charge in [-0.15, -0.1) is 0 Å². The van der Waals surface area contributed by atoms with Gasteiger partial charge in [-0.3, -0.25) is 0 Å². The monoisotopic (exact) mass is 244 g/mol. The molecular weight excluding hydrogens is 220 g/mol. The topological polar surface area (TPSA) is 15.3 Å². The lowest BCUT2D eigenvalue weighted by atomic mass is 9.91. The van der Waals surface area contributed by atoms with Crippen LogP contribution in [0.5, 0.6) is 0 Å². The highest BCUT2D eigenvalue weighted by Crippen LogP contribution is 2.32. The van der Waals surface area contributed by atoms with Gasteiger partial charge in [0.1, 0.15) is 0 Å². The van der Waals surface area contributed by atoms with E-state index < -0.39 is 0 Å². The van der Waals surface area contributed by atoms with Crippen molar-refractivity contribution in [2.75, 3.05) is 24.5 Å². The molecule has 2 nitrogen and oxygen atoms in total. The first-order valence-corrected chi connectivity index (χ1v) is 7.41. The van der Waals surface area contributed by atoms with Crippen LogP contribution in [0, 0.1) is 0 Å². The van der Waals surface area contributed by atoms with E-state index in [4.69, 9.17) is 0 Å². The van der Waals surface area contributed by atoms with Gasteiger partial charge in [-0.2, -0.15) is 0 Å². The number of rotatable bonds is 4. The fourth-order valence-electron chi connectivity index (χ4n) is 3.71. The molecule has 0 bridgehead atoms. The summed E-state index contributed by atoms with van der Waals surface area (Å²) in [5.74, 6) is 0. The Balaban J connectivity index is 1.77. The van der Waals surface area contributed by atoms with E-state index in [1.165, 1.54) is 63.0 Å². The largest absolute Gasteiger partial charge is 0.369 e. The van der Waals surface area contributed by atoms with Gasteiger partial charge in [-0.25, -0.2) is 0 Å². The molecule has 98 valence electrons. The minimum atomic E-state index is 0.381. The first-order chi connectivity index (χ1) is 8.83. The van der Waals surface area contributed by atoms with Gasteiger partial charge in [-0.1, -0.05) is 31.5 Å². The van der Waals surface area contributed by atoms with E-state index in [-0.39, 0.29) is 0 Å². The maximum absolute atomic E-state index is 3.79. The van der Waals surface area contributed by atoms with Gasteiger partial charge in [-0.05, 0) is 43.9 Å². The number of benzene rings is 1. The summed E-state index contributed by atoms with van der Waals surface area (Å²) in [7, 11) is 0. The minimum Gasteiger partial charge on any atom is -0.369 e. The standard InChI is InChI=1S/C16H24N2/c1-2-9-16(10-5-11-17-16)13-18-12-8-14-6-3-4-7-15(14)18/h3-4,6-7,17H,2,5,8-13H2,1H3. The maximum atomic E-state index is 3.79. The van der Waals surface area contributed by atoms with Gasteiger partial charge >= 0.3 is 0 Å². The van der Waals surface area contributed by atoms with Crippen LogP contribution in [0.2, 0.25) is 0 Å². The van der Waals surface area contributed by atoms with Crippen molar-refractivity contribution in [2.45, 2.75) is 44.6 Å². The Labute approximate surface area is 110 Å². The van der Waals surface area contributed by atoms with Crippen molar-refractivity contribution < 1.29 is 0 Å². The van der Waals surface area contributed by atoms with Crippen LogP contribution in [0.15, 0.2) is 24.3 Å². The smallest absolute Gasteiger partial charge is 0.0400 e. The SMILES string of the molecule is CCCC1(CN2CCc3ccccc32)CCCN1. The third-order valence-corrected chi connectivity index (χ3v) is 4.54. The number of hydrogen-bond acceptors (Lipinski definition) is 2. The van der Waals surface area contributed by atoms with E-state index in [1.807, 2.05) is 0 Å². The van der Waals surface area contributed by atoms with Gasteiger partial charge < -0.3 is 10.2 Å². The molecule has 0 aliphatic carbocycles. The quantitative estimate of drug-likeness (QED) is 0.876. The number of para-hydroxylation sites is 1. The zero-order chi connectivity index (χ0) is 12.4. The van der Waals surface area contributed by atoms with Crippen molar-refractivity contribution >= 4 is 5.69 Å². The molecule has 18 heavy (non-hydrogen) atoms. The maximum Gasteiger partial charge on any atom is 0.0400 e. The molecule has 1 unspecified atom stereocenters. The molecule has 2 heterocycles. The van der Waals surface area contributed by atoms with E-state index in [0.29, 0.717) is 5.54 Å². The molecule has 0 radical (unpaired) electrons. The third kappa shape index (κ3) is 2.14. The molecule has 0 aromatic heterocycles. The molecule has 2 heteroatoms. The number of nitrogens with one attached hydrogen (secondary N) is 1. The number of hydrogen-bond donors (Lipinski definition) is 1. The molecule has 0 amide bonds. The van der Waals surface area contributed by atoms with E-state index in [2.05, 4.69) is 41.4 Å². The second kappa shape index (κ2) is 4.93. The minimum absolute atomic E-state index is 0.381. The lowest BCUT2D eigenvalue weighted by molar-refractivity contribution is 0.346. The average Bonchev–Trinajstić information content (AvgIpc) is 2.99. The Kier molecular flexibility index (Phi) is 3.29. The van der Waals surface area contributed by atoms with E-state index >= 15 is 0 Å². The van der Waals surface area contributed by atoms with Crippen LogP contribution in [0.1, 0.15) is 38.2 Å². The second-order valence-electron chi connectivity index (χ2n) is 5.86. The molecule has 1 aromatic rings. The van der Waals surface area contributed by atoms with E-state index in [9.17, 15) is 0 Å². The van der Waals surface area contributed by atoms with Gasteiger partial charge in [0.2, 0.25) is 0 Å². The third-order valence-electron chi connectivity index (χ3n) is 4.54. The highest BCUT2D eigenvalue weighted by Gasteiger charge is 2.35. The lowest BCUT2D eigenvalue weighted by Crippen LogP contribution is -2.49. The average molecular weight is 244 g/mol.